The Balaban J connectivity index is 0.662. The van der Waals surface area contributed by atoms with Crippen molar-refractivity contribution >= 4 is 58.3 Å². The van der Waals surface area contributed by atoms with Crippen LogP contribution in [0.15, 0.2) is 96.2 Å². The maximum Gasteiger partial charge on any atom is 0.255 e. The second-order valence-electron chi connectivity index (χ2n) is 16.0. The number of aromatic nitrogens is 5. The number of benzene rings is 4. The number of imide groups is 1. The van der Waals surface area contributed by atoms with E-state index in [1.165, 1.54) is 23.1 Å². The summed E-state index contributed by atoms with van der Waals surface area (Å²) in [6.07, 6.45) is 4.06. The zero-order valence-electron chi connectivity index (χ0n) is 36.3. The third-order valence-electron chi connectivity index (χ3n) is 11.4. The Morgan fingerprint density at radius 3 is 2.35 bits per heavy atom. The van der Waals surface area contributed by atoms with Crippen LogP contribution in [0.1, 0.15) is 51.9 Å². The molecule has 3 N–H and O–H groups in total. The third-order valence-corrected chi connectivity index (χ3v) is 11.7. The van der Waals surface area contributed by atoms with Crippen molar-refractivity contribution in [2.24, 2.45) is 4.99 Å². The van der Waals surface area contributed by atoms with Crippen LogP contribution in [0, 0.1) is 11.6 Å². The lowest BCUT2D eigenvalue weighted by Crippen LogP contribution is -2.52. The SMILES string of the molecule is O=C1CCC(N2Cc3cc(NC(=O)CCOCCOCCOCCn4cc(-c5ccc(Nc6ncc7c(n6)-c6ccc(Cl)cc6C(c6c(F)cccc6F)=NC7)cc5)nn4)ccc3C2=O)C(=O)N1. The van der Waals surface area contributed by atoms with E-state index in [1.807, 2.05) is 30.5 Å². The summed E-state index contributed by atoms with van der Waals surface area (Å²) in [5.74, 6) is -2.48. The highest BCUT2D eigenvalue weighted by atomic mass is 35.5. The normalized spacial score (nSPS) is 15.3. The van der Waals surface area contributed by atoms with E-state index in [9.17, 15) is 28.0 Å². The summed E-state index contributed by atoms with van der Waals surface area (Å²) >= 11 is 6.36. The van der Waals surface area contributed by atoms with E-state index in [-0.39, 0.29) is 68.0 Å². The molecule has 348 valence electrons. The van der Waals surface area contributed by atoms with E-state index in [0.29, 0.717) is 95.4 Å². The summed E-state index contributed by atoms with van der Waals surface area (Å²) in [5, 5.41) is 17.3. The van der Waals surface area contributed by atoms with E-state index < -0.39 is 23.6 Å². The summed E-state index contributed by atoms with van der Waals surface area (Å²) in [4.78, 5) is 64.6. The number of amides is 4. The lowest BCUT2D eigenvalue weighted by atomic mass is 9.95. The molecule has 1 fully saturated rings. The number of halogens is 3. The minimum atomic E-state index is -0.728. The number of aliphatic imine (C=N–C) groups is 1. The second kappa shape index (κ2) is 20.7. The highest BCUT2D eigenvalue weighted by Crippen LogP contribution is 2.35. The molecule has 1 atom stereocenters. The molecule has 0 spiro atoms. The van der Waals surface area contributed by atoms with Gasteiger partial charge in [-0.15, -0.1) is 5.10 Å². The minimum Gasteiger partial charge on any atom is -0.379 e. The number of hydrogen-bond donors (Lipinski definition) is 3. The molecule has 3 aliphatic heterocycles. The number of hydrogen-bond acceptors (Lipinski definition) is 13. The van der Waals surface area contributed by atoms with Crippen molar-refractivity contribution in [1.82, 2.24) is 35.2 Å². The Bertz CT molecular complexity index is 2910. The molecule has 0 aliphatic carbocycles. The topological polar surface area (TPSA) is 204 Å². The predicted octanol–water partition coefficient (Wildman–Crippen LogP) is 6.27. The van der Waals surface area contributed by atoms with E-state index in [0.717, 1.165) is 11.3 Å². The van der Waals surface area contributed by atoms with Crippen LogP contribution < -0.4 is 16.0 Å². The molecule has 4 aromatic carbocycles. The molecule has 0 radical (unpaired) electrons. The average Bonchev–Trinajstić information content (AvgIpc) is 3.89. The Labute approximate surface area is 392 Å². The highest BCUT2D eigenvalue weighted by Gasteiger charge is 2.39. The van der Waals surface area contributed by atoms with Crippen molar-refractivity contribution in [3.8, 4) is 22.5 Å². The number of anilines is 3. The van der Waals surface area contributed by atoms with Crippen LogP contribution in [0.4, 0.5) is 26.1 Å². The van der Waals surface area contributed by atoms with E-state index in [2.05, 4.69) is 36.2 Å². The first-order chi connectivity index (χ1) is 33.1. The number of nitrogens with one attached hydrogen (secondary N) is 3. The molecule has 3 aliphatic rings. The molecule has 20 heteroatoms. The summed E-state index contributed by atoms with van der Waals surface area (Å²) in [7, 11) is 0. The van der Waals surface area contributed by atoms with Gasteiger partial charge in [0.25, 0.3) is 5.91 Å². The summed E-state index contributed by atoms with van der Waals surface area (Å²) in [6, 6.07) is 20.6. The first-order valence-corrected chi connectivity index (χ1v) is 22.2. The highest BCUT2D eigenvalue weighted by molar-refractivity contribution is 6.31. The smallest absolute Gasteiger partial charge is 0.255 e. The summed E-state index contributed by atoms with van der Waals surface area (Å²) in [5.41, 5.74) is 6.19. The van der Waals surface area contributed by atoms with Gasteiger partial charge >= 0.3 is 0 Å². The first-order valence-electron chi connectivity index (χ1n) is 21.8. The number of piperidine rings is 1. The number of carbonyl (C=O) groups excluding carboxylic acids is 4. The van der Waals surface area contributed by atoms with Crippen LogP contribution in [0.25, 0.3) is 22.5 Å². The van der Waals surface area contributed by atoms with Gasteiger partial charge in [0.15, 0.2) is 0 Å². The number of fused-ring (bicyclic) bond motifs is 4. The molecule has 6 aromatic rings. The maximum absolute atomic E-state index is 14.9. The van der Waals surface area contributed by atoms with Gasteiger partial charge in [0, 0.05) is 63.4 Å². The van der Waals surface area contributed by atoms with Crippen molar-refractivity contribution < 1.29 is 42.2 Å². The third kappa shape index (κ3) is 10.5. The maximum atomic E-state index is 14.9. The van der Waals surface area contributed by atoms with Crippen molar-refractivity contribution in [3.05, 3.63) is 136 Å². The van der Waals surface area contributed by atoms with Crippen molar-refractivity contribution in [1.29, 1.82) is 0 Å². The average molecular weight is 945 g/mol. The van der Waals surface area contributed by atoms with Gasteiger partial charge in [0.2, 0.25) is 23.7 Å². The van der Waals surface area contributed by atoms with Gasteiger partial charge in [-0.3, -0.25) is 29.5 Å². The molecule has 0 saturated carbocycles. The molecule has 68 heavy (non-hydrogen) atoms. The second-order valence-corrected chi connectivity index (χ2v) is 16.4. The number of rotatable bonds is 18. The van der Waals surface area contributed by atoms with E-state index >= 15 is 0 Å². The van der Waals surface area contributed by atoms with Gasteiger partial charge in [-0.1, -0.05) is 41.1 Å². The Kier molecular flexibility index (Phi) is 13.9. The van der Waals surface area contributed by atoms with Crippen LogP contribution in [0.2, 0.25) is 5.02 Å². The van der Waals surface area contributed by atoms with Crippen LogP contribution >= 0.6 is 11.6 Å². The fourth-order valence-corrected chi connectivity index (χ4v) is 8.23. The molecular weight excluding hydrogens is 902 g/mol. The van der Waals surface area contributed by atoms with Gasteiger partial charge in [0.1, 0.15) is 23.4 Å². The number of carbonyl (C=O) groups is 4. The van der Waals surface area contributed by atoms with Crippen LogP contribution in [-0.2, 0) is 48.2 Å². The quantitative estimate of drug-likeness (QED) is 0.0645. The lowest BCUT2D eigenvalue weighted by molar-refractivity contribution is -0.137. The van der Waals surface area contributed by atoms with E-state index in [4.69, 9.17) is 30.8 Å². The Morgan fingerprint density at radius 1 is 0.838 bits per heavy atom. The molecule has 4 amide bonds. The van der Waals surface area contributed by atoms with Crippen molar-refractivity contribution in [3.63, 3.8) is 0 Å². The summed E-state index contributed by atoms with van der Waals surface area (Å²) < 4.78 is 48.4. The summed E-state index contributed by atoms with van der Waals surface area (Å²) in [6.45, 7) is 2.76. The van der Waals surface area contributed by atoms with Crippen LogP contribution in [0.5, 0.6) is 0 Å². The fourth-order valence-electron chi connectivity index (χ4n) is 8.06. The lowest BCUT2D eigenvalue weighted by Gasteiger charge is -2.29. The monoisotopic (exact) mass is 944 g/mol. The molecule has 17 nitrogen and oxygen atoms in total. The van der Waals surface area contributed by atoms with Crippen molar-refractivity contribution in [2.75, 3.05) is 50.3 Å². The molecule has 2 aromatic heterocycles. The Morgan fingerprint density at radius 2 is 1.57 bits per heavy atom. The molecule has 9 rings (SSSR count). The van der Waals surface area contributed by atoms with Crippen molar-refractivity contribution in [2.45, 2.75) is 44.9 Å². The molecule has 1 unspecified atom stereocenters. The van der Waals surface area contributed by atoms with E-state index in [1.54, 1.807) is 47.3 Å². The zero-order valence-corrected chi connectivity index (χ0v) is 37.1. The fraction of sp³-hybridized carbons (Fsp3) is 0.271. The van der Waals surface area contributed by atoms with Gasteiger partial charge in [-0.2, -0.15) is 0 Å². The molecular formula is C48H43ClF2N10O7. The number of ether oxygens (including phenoxy) is 3. The molecule has 5 heterocycles. The minimum absolute atomic E-state index is 0.107. The first kappa shape index (κ1) is 45.8. The van der Waals surface area contributed by atoms with Gasteiger partial charge in [-0.25, -0.2) is 23.4 Å². The predicted molar refractivity (Wildman–Crippen MR) is 245 cm³/mol. The standard InChI is InChI=1S/C48H43ClF2N10O7/c49-31-6-10-35-36(23-31)45(43-37(50)2-1-3-38(43)51)52-24-30-25-53-48(57-44(30)35)55-32-7-4-28(5-8-32)39-27-60(59-58-39)15-17-67-19-21-68-20-18-66-16-14-42(63)54-33-9-11-34-29(22-33)26-61(47(34)65)40-12-13-41(62)56-46(40)64/h1-11,22-23,25,27,40H,12-21,24,26H2,(H,54,63)(H,53,55,57)(H,56,62,64). The van der Waals surface area contributed by atoms with Gasteiger partial charge in [-0.05, 0) is 66.6 Å². The van der Waals surface area contributed by atoms with Crippen LogP contribution in [-0.4, -0.2) is 105 Å². The van der Waals surface area contributed by atoms with Crippen LogP contribution in [0.3, 0.4) is 0 Å². The number of nitrogens with zero attached hydrogens (tertiary/aromatic N) is 7. The molecule has 1 saturated heterocycles. The Hall–Kier alpha value is -7.32. The van der Waals surface area contributed by atoms with Gasteiger partial charge < -0.3 is 29.7 Å². The van der Waals surface area contributed by atoms with Gasteiger partial charge in [0.05, 0.1) is 82.3 Å². The molecule has 0 bridgehead atoms. The largest absolute Gasteiger partial charge is 0.379 e. The zero-order chi connectivity index (χ0) is 47.1.